The molecule has 0 aromatic carbocycles. The molecule has 0 saturated carbocycles. The molecule has 0 radical (unpaired) electrons. The third-order valence-corrected chi connectivity index (χ3v) is 4.35. The van der Waals surface area contributed by atoms with Crippen molar-refractivity contribution in [1.82, 2.24) is 4.98 Å². The molecular formula is C13H16BN3. The molecule has 3 nitrogen and oxygen atoms in total. The van der Waals surface area contributed by atoms with E-state index in [4.69, 9.17) is 5.26 Å². The lowest BCUT2D eigenvalue weighted by Gasteiger charge is -2.24. The lowest BCUT2D eigenvalue weighted by Crippen LogP contribution is -2.25. The zero-order valence-electron chi connectivity index (χ0n) is 9.97. The van der Waals surface area contributed by atoms with Gasteiger partial charge in [0.05, 0.1) is 0 Å². The Kier molecular flexibility index (Phi) is 2.55. The standard InChI is InChI=1S/C13H16BN3/c15-11-14-5-3-13(9-14)4-8-17(10-13)12-1-6-16-7-2-12/h1-2,6-7H,3-5,8-10H2. The van der Waals surface area contributed by atoms with Gasteiger partial charge in [0.1, 0.15) is 0 Å². The maximum atomic E-state index is 9.02. The van der Waals surface area contributed by atoms with Crippen molar-refractivity contribution >= 4 is 12.4 Å². The second-order valence-corrected chi connectivity index (χ2v) is 5.45. The molecule has 2 fully saturated rings. The zero-order chi connectivity index (χ0) is 11.7. The summed E-state index contributed by atoms with van der Waals surface area (Å²) in [5, 5.41) is 9.02. The minimum Gasteiger partial charge on any atom is -0.371 e. The monoisotopic (exact) mass is 225 g/mol. The van der Waals surface area contributed by atoms with E-state index in [1.807, 2.05) is 12.4 Å². The molecule has 3 heterocycles. The number of aromatic nitrogens is 1. The number of pyridine rings is 1. The Morgan fingerprint density at radius 1 is 1.35 bits per heavy atom. The van der Waals surface area contributed by atoms with Crippen LogP contribution in [0.2, 0.25) is 12.6 Å². The fourth-order valence-corrected chi connectivity index (χ4v) is 3.40. The molecule has 0 N–H and O–H groups in total. The molecule has 1 aromatic rings. The summed E-state index contributed by atoms with van der Waals surface area (Å²) in [7, 11) is 0. The van der Waals surface area contributed by atoms with Crippen molar-refractivity contribution in [2.75, 3.05) is 18.0 Å². The summed E-state index contributed by atoms with van der Waals surface area (Å²) >= 11 is 0. The van der Waals surface area contributed by atoms with Gasteiger partial charge in [-0.05, 0) is 24.0 Å². The molecule has 1 aromatic heterocycles. The van der Waals surface area contributed by atoms with Gasteiger partial charge < -0.3 is 4.90 Å². The van der Waals surface area contributed by atoms with Crippen LogP contribution < -0.4 is 4.90 Å². The van der Waals surface area contributed by atoms with Crippen molar-refractivity contribution in [1.29, 1.82) is 5.26 Å². The van der Waals surface area contributed by atoms with Gasteiger partial charge >= 0.3 is 0 Å². The molecule has 1 atom stereocenters. The largest absolute Gasteiger partial charge is 0.371 e. The van der Waals surface area contributed by atoms with E-state index in [0.717, 1.165) is 25.7 Å². The normalized spacial score (nSPS) is 27.7. The smallest absolute Gasteiger partial charge is 0.268 e. The van der Waals surface area contributed by atoms with E-state index < -0.39 is 0 Å². The molecule has 17 heavy (non-hydrogen) atoms. The fraction of sp³-hybridized carbons (Fsp3) is 0.538. The Bertz CT molecular complexity index is 442. The first kappa shape index (κ1) is 10.6. The Morgan fingerprint density at radius 2 is 2.18 bits per heavy atom. The van der Waals surface area contributed by atoms with Gasteiger partial charge in [0, 0.05) is 37.1 Å². The number of hydrogen-bond donors (Lipinski definition) is 0. The second-order valence-electron chi connectivity index (χ2n) is 5.45. The van der Waals surface area contributed by atoms with Crippen LogP contribution >= 0.6 is 0 Å². The molecule has 2 aliphatic heterocycles. The SMILES string of the molecule is N#CB1CCC2(CCN(c3ccncc3)C2)C1. The zero-order valence-corrected chi connectivity index (χ0v) is 9.97. The summed E-state index contributed by atoms with van der Waals surface area (Å²) in [6.45, 7) is 2.55. The van der Waals surface area contributed by atoms with Crippen molar-refractivity contribution in [3.8, 4) is 5.97 Å². The minimum atomic E-state index is 0.299. The van der Waals surface area contributed by atoms with Crippen molar-refractivity contribution < 1.29 is 0 Å². The second kappa shape index (κ2) is 4.07. The number of rotatable bonds is 1. The summed E-state index contributed by atoms with van der Waals surface area (Å²) in [6, 6.07) is 4.16. The predicted octanol–water partition coefficient (Wildman–Crippen LogP) is 2.24. The van der Waals surface area contributed by atoms with Gasteiger partial charge in [0.15, 0.2) is 0 Å². The van der Waals surface area contributed by atoms with Crippen LogP contribution in [-0.2, 0) is 0 Å². The van der Waals surface area contributed by atoms with E-state index in [2.05, 4.69) is 28.0 Å². The minimum absolute atomic E-state index is 0.299. The molecule has 2 saturated heterocycles. The molecular weight excluding hydrogens is 209 g/mol. The summed E-state index contributed by atoms with van der Waals surface area (Å²) < 4.78 is 0. The van der Waals surface area contributed by atoms with E-state index in [0.29, 0.717) is 12.1 Å². The van der Waals surface area contributed by atoms with E-state index in [1.165, 1.54) is 18.5 Å². The third-order valence-electron chi connectivity index (χ3n) is 4.35. The van der Waals surface area contributed by atoms with E-state index in [1.54, 1.807) is 0 Å². The van der Waals surface area contributed by atoms with Crippen molar-refractivity contribution in [3.63, 3.8) is 0 Å². The van der Waals surface area contributed by atoms with Gasteiger partial charge in [-0.1, -0.05) is 19.1 Å². The molecule has 1 unspecified atom stereocenters. The maximum Gasteiger partial charge on any atom is 0.268 e. The lowest BCUT2D eigenvalue weighted by atomic mass is 9.48. The number of anilines is 1. The first-order valence-corrected chi connectivity index (χ1v) is 6.36. The molecule has 0 amide bonds. The number of nitriles is 1. The van der Waals surface area contributed by atoms with Gasteiger partial charge in [0.2, 0.25) is 0 Å². The summed E-state index contributed by atoms with van der Waals surface area (Å²) in [5.74, 6) is 2.44. The highest BCUT2D eigenvalue weighted by Crippen LogP contribution is 2.46. The van der Waals surface area contributed by atoms with Gasteiger partial charge in [-0.3, -0.25) is 4.98 Å². The van der Waals surface area contributed by atoms with Gasteiger partial charge in [0.25, 0.3) is 6.71 Å². The van der Waals surface area contributed by atoms with Gasteiger partial charge in [-0.15, -0.1) is 0 Å². The fourth-order valence-electron chi connectivity index (χ4n) is 3.40. The van der Waals surface area contributed by atoms with Crippen LogP contribution in [0.25, 0.3) is 0 Å². The molecule has 0 bridgehead atoms. The Labute approximate surface area is 103 Å². The molecule has 86 valence electrons. The van der Waals surface area contributed by atoms with Crippen LogP contribution in [0.1, 0.15) is 12.8 Å². The highest BCUT2D eigenvalue weighted by molar-refractivity contribution is 6.67. The van der Waals surface area contributed by atoms with E-state index >= 15 is 0 Å². The topological polar surface area (TPSA) is 39.9 Å². The van der Waals surface area contributed by atoms with Crippen LogP contribution in [0.3, 0.4) is 0 Å². The van der Waals surface area contributed by atoms with Crippen molar-refractivity contribution in [3.05, 3.63) is 24.5 Å². The lowest BCUT2D eigenvalue weighted by molar-refractivity contribution is 0.375. The third kappa shape index (κ3) is 1.91. The first-order valence-electron chi connectivity index (χ1n) is 6.36. The van der Waals surface area contributed by atoms with Crippen molar-refractivity contribution in [2.45, 2.75) is 25.5 Å². The summed E-state index contributed by atoms with van der Waals surface area (Å²) in [5.41, 5.74) is 1.70. The molecule has 4 heteroatoms. The average Bonchev–Trinajstić information content (AvgIpc) is 2.99. The molecule has 0 aliphatic carbocycles. The average molecular weight is 225 g/mol. The Hall–Kier alpha value is -1.50. The first-order chi connectivity index (χ1) is 8.31. The highest BCUT2D eigenvalue weighted by atomic mass is 15.2. The molecule has 2 aliphatic rings. The maximum absolute atomic E-state index is 9.02. The number of hydrogen-bond acceptors (Lipinski definition) is 3. The van der Waals surface area contributed by atoms with Gasteiger partial charge in [-0.2, -0.15) is 0 Å². The van der Waals surface area contributed by atoms with E-state index in [-0.39, 0.29) is 0 Å². The van der Waals surface area contributed by atoms with Crippen LogP contribution in [0, 0.1) is 16.6 Å². The Balaban J connectivity index is 1.73. The molecule has 3 rings (SSSR count). The summed E-state index contributed by atoms with van der Waals surface area (Å²) in [6.07, 6.45) is 8.38. The highest BCUT2D eigenvalue weighted by Gasteiger charge is 2.45. The summed E-state index contributed by atoms with van der Waals surface area (Å²) in [4.78, 5) is 6.51. The van der Waals surface area contributed by atoms with Crippen LogP contribution in [0.4, 0.5) is 5.69 Å². The van der Waals surface area contributed by atoms with E-state index in [9.17, 15) is 0 Å². The molecule has 1 spiro atoms. The predicted molar refractivity (Wildman–Crippen MR) is 69.1 cm³/mol. The van der Waals surface area contributed by atoms with Crippen molar-refractivity contribution in [2.24, 2.45) is 5.41 Å². The Morgan fingerprint density at radius 3 is 2.88 bits per heavy atom. The van der Waals surface area contributed by atoms with Crippen LogP contribution in [0.5, 0.6) is 0 Å². The van der Waals surface area contributed by atoms with Crippen LogP contribution in [-0.4, -0.2) is 24.8 Å². The number of nitrogens with zero attached hydrogens (tertiary/aromatic N) is 3. The quantitative estimate of drug-likeness (QED) is 0.688. The van der Waals surface area contributed by atoms with Gasteiger partial charge in [-0.25, -0.2) is 5.26 Å². The van der Waals surface area contributed by atoms with Crippen LogP contribution in [0.15, 0.2) is 24.5 Å².